The fraction of sp³-hybridized carbons (Fsp3) is 0.250. The Hall–Kier alpha value is -2.57. The monoisotopic (exact) mass is 263 g/mol. The highest BCUT2D eigenvalue weighted by atomic mass is 16.3. The number of phenols is 1. The smallest absolute Gasteiger partial charge is 0.333 e. The molecule has 0 unspecified atom stereocenters. The van der Waals surface area contributed by atoms with Gasteiger partial charge in [-0.2, -0.15) is 0 Å². The fourth-order valence-corrected chi connectivity index (χ4v) is 1.92. The summed E-state index contributed by atoms with van der Waals surface area (Å²) in [5.41, 5.74) is -0.362. The van der Waals surface area contributed by atoms with Gasteiger partial charge in [-0.3, -0.25) is 9.97 Å². The highest BCUT2D eigenvalue weighted by Gasteiger charge is 2.07. The van der Waals surface area contributed by atoms with Crippen molar-refractivity contribution in [3.8, 4) is 5.75 Å². The summed E-state index contributed by atoms with van der Waals surface area (Å²) < 4.78 is 0.882. The van der Waals surface area contributed by atoms with Gasteiger partial charge in [-0.1, -0.05) is 12.1 Å². The molecule has 100 valence electrons. The first kappa shape index (κ1) is 12.9. The Morgan fingerprint density at radius 3 is 2.00 bits per heavy atom. The second-order valence-electron chi connectivity index (χ2n) is 4.35. The number of aromatic hydroxyl groups is 1. The van der Waals surface area contributed by atoms with Gasteiger partial charge < -0.3 is 5.11 Å². The first-order chi connectivity index (χ1) is 8.88. The first-order valence-corrected chi connectivity index (χ1v) is 5.61. The largest absolute Gasteiger partial charge is 0.507 e. The topological polar surface area (TPSA) is 108 Å². The molecule has 1 aromatic carbocycles. The van der Waals surface area contributed by atoms with Gasteiger partial charge in [0, 0.05) is 0 Å². The van der Waals surface area contributed by atoms with E-state index in [9.17, 15) is 19.5 Å². The maximum atomic E-state index is 11.5. The van der Waals surface area contributed by atoms with Crippen LogP contribution in [0.1, 0.15) is 16.7 Å². The Bertz CT molecular complexity index is 740. The summed E-state index contributed by atoms with van der Waals surface area (Å²) in [4.78, 5) is 38.0. The average Bonchev–Trinajstić information content (AvgIpc) is 2.30. The molecular formula is C12H13N3O4. The standard InChI is InChI=1S/C12H13N3O4/c1-6-3-8(4-7(2)9(6)16)5-15-11(18)13-10(17)14-12(15)19/h3-4,16H,5H2,1-2H3,(H2,13,14,17,18,19). The van der Waals surface area contributed by atoms with Gasteiger partial charge in [0.2, 0.25) is 0 Å². The van der Waals surface area contributed by atoms with Crippen molar-refractivity contribution in [3.05, 3.63) is 60.3 Å². The van der Waals surface area contributed by atoms with Gasteiger partial charge in [-0.05, 0) is 30.5 Å². The molecule has 0 saturated carbocycles. The number of aromatic amines is 2. The number of aryl methyl sites for hydroxylation is 2. The molecule has 7 nitrogen and oxygen atoms in total. The van der Waals surface area contributed by atoms with Gasteiger partial charge in [-0.15, -0.1) is 0 Å². The predicted octanol–water partition coefficient (Wildman–Crippen LogP) is -0.404. The Labute approximate surface area is 107 Å². The Morgan fingerprint density at radius 1 is 1.05 bits per heavy atom. The van der Waals surface area contributed by atoms with Gasteiger partial charge in [0.15, 0.2) is 0 Å². The summed E-state index contributed by atoms with van der Waals surface area (Å²) in [6, 6.07) is 3.36. The van der Waals surface area contributed by atoms with Crippen LogP contribution in [-0.4, -0.2) is 19.6 Å². The molecule has 19 heavy (non-hydrogen) atoms. The normalized spacial score (nSPS) is 10.6. The van der Waals surface area contributed by atoms with Crippen LogP contribution < -0.4 is 17.1 Å². The minimum Gasteiger partial charge on any atom is -0.507 e. The van der Waals surface area contributed by atoms with E-state index in [1.54, 1.807) is 26.0 Å². The van der Waals surface area contributed by atoms with E-state index in [0.29, 0.717) is 16.7 Å². The van der Waals surface area contributed by atoms with Gasteiger partial charge in [0.05, 0.1) is 6.54 Å². The molecule has 3 N–H and O–H groups in total. The number of benzene rings is 1. The molecule has 0 saturated heterocycles. The molecule has 0 bridgehead atoms. The Morgan fingerprint density at radius 2 is 1.53 bits per heavy atom. The minimum atomic E-state index is -0.829. The minimum absolute atomic E-state index is 0.0207. The molecule has 7 heteroatoms. The number of hydrogen-bond donors (Lipinski definition) is 3. The zero-order chi connectivity index (χ0) is 14.2. The van der Waals surface area contributed by atoms with Gasteiger partial charge in [-0.25, -0.2) is 19.0 Å². The summed E-state index contributed by atoms with van der Waals surface area (Å²) in [5, 5.41) is 9.66. The average molecular weight is 263 g/mol. The third kappa shape index (κ3) is 2.49. The number of phenolic OH excluding ortho intramolecular Hbond substituents is 1. The molecule has 0 aliphatic heterocycles. The summed E-state index contributed by atoms with van der Waals surface area (Å²) in [7, 11) is 0. The number of hydrogen-bond acceptors (Lipinski definition) is 4. The lowest BCUT2D eigenvalue weighted by molar-refractivity contribution is 0.466. The molecule has 0 radical (unpaired) electrons. The quantitative estimate of drug-likeness (QED) is 0.684. The molecular weight excluding hydrogens is 250 g/mol. The molecule has 0 atom stereocenters. The lowest BCUT2D eigenvalue weighted by Gasteiger charge is -2.08. The van der Waals surface area contributed by atoms with Crippen LogP contribution in [0.5, 0.6) is 5.75 Å². The Balaban J connectivity index is 2.51. The molecule has 0 spiro atoms. The van der Waals surface area contributed by atoms with Crippen LogP contribution in [0.4, 0.5) is 0 Å². The molecule has 0 amide bonds. The molecule has 0 fully saturated rings. The van der Waals surface area contributed by atoms with Gasteiger partial charge in [0.25, 0.3) is 0 Å². The summed E-state index contributed by atoms with van der Waals surface area (Å²) in [6.07, 6.45) is 0. The van der Waals surface area contributed by atoms with Gasteiger partial charge in [0.1, 0.15) is 5.75 Å². The molecule has 0 aliphatic carbocycles. The fourth-order valence-electron chi connectivity index (χ4n) is 1.92. The molecule has 1 heterocycles. The number of H-pyrrole nitrogens is 2. The van der Waals surface area contributed by atoms with Crippen molar-refractivity contribution in [2.24, 2.45) is 0 Å². The zero-order valence-corrected chi connectivity index (χ0v) is 10.5. The van der Waals surface area contributed by atoms with Crippen molar-refractivity contribution in [1.82, 2.24) is 14.5 Å². The number of aromatic nitrogens is 3. The van der Waals surface area contributed by atoms with Crippen LogP contribution in [0.25, 0.3) is 0 Å². The lowest BCUT2D eigenvalue weighted by atomic mass is 10.1. The number of nitrogens with zero attached hydrogens (tertiary/aromatic N) is 1. The summed E-state index contributed by atoms with van der Waals surface area (Å²) in [6.45, 7) is 3.48. The van der Waals surface area contributed by atoms with Crippen LogP contribution in [-0.2, 0) is 6.54 Å². The van der Waals surface area contributed by atoms with Crippen molar-refractivity contribution < 1.29 is 5.11 Å². The zero-order valence-electron chi connectivity index (χ0n) is 10.5. The molecule has 2 rings (SSSR count). The van der Waals surface area contributed by atoms with Crippen LogP contribution in [0.15, 0.2) is 26.5 Å². The van der Waals surface area contributed by atoms with E-state index < -0.39 is 17.1 Å². The van der Waals surface area contributed by atoms with Crippen molar-refractivity contribution >= 4 is 0 Å². The third-order valence-electron chi connectivity index (χ3n) is 2.82. The van der Waals surface area contributed by atoms with E-state index >= 15 is 0 Å². The first-order valence-electron chi connectivity index (χ1n) is 5.61. The van der Waals surface area contributed by atoms with Crippen molar-refractivity contribution in [3.63, 3.8) is 0 Å². The number of rotatable bonds is 2. The van der Waals surface area contributed by atoms with Crippen LogP contribution in [0, 0.1) is 13.8 Å². The second-order valence-corrected chi connectivity index (χ2v) is 4.35. The van der Waals surface area contributed by atoms with E-state index in [0.717, 1.165) is 4.57 Å². The molecule has 1 aromatic heterocycles. The maximum Gasteiger partial charge on any atom is 0.333 e. The SMILES string of the molecule is Cc1cc(Cn2c(=O)[nH]c(=O)[nH]c2=O)cc(C)c1O. The van der Waals surface area contributed by atoms with E-state index in [4.69, 9.17) is 0 Å². The van der Waals surface area contributed by atoms with Crippen molar-refractivity contribution in [1.29, 1.82) is 0 Å². The lowest BCUT2D eigenvalue weighted by Crippen LogP contribution is -2.43. The third-order valence-corrected chi connectivity index (χ3v) is 2.82. The number of nitrogens with one attached hydrogen (secondary N) is 2. The summed E-state index contributed by atoms with van der Waals surface area (Å²) >= 11 is 0. The van der Waals surface area contributed by atoms with E-state index in [1.807, 2.05) is 9.97 Å². The van der Waals surface area contributed by atoms with Crippen LogP contribution in [0.3, 0.4) is 0 Å². The van der Waals surface area contributed by atoms with Gasteiger partial charge >= 0.3 is 17.1 Å². The molecule has 0 aliphatic rings. The van der Waals surface area contributed by atoms with E-state index in [1.165, 1.54) is 0 Å². The van der Waals surface area contributed by atoms with Crippen LogP contribution >= 0.6 is 0 Å². The highest BCUT2D eigenvalue weighted by molar-refractivity contribution is 5.42. The predicted molar refractivity (Wildman–Crippen MR) is 68.6 cm³/mol. The molecule has 2 aromatic rings. The van der Waals surface area contributed by atoms with E-state index in [-0.39, 0.29) is 12.3 Å². The van der Waals surface area contributed by atoms with Crippen LogP contribution in [0.2, 0.25) is 0 Å². The van der Waals surface area contributed by atoms with Crippen molar-refractivity contribution in [2.45, 2.75) is 20.4 Å². The highest BCUT2D eigenvalue weighted by Crippen LogP contribution is 2.22. The maximum absolute atomic E-state index is 11.5. The van der Waals surface area contributed by atoms with Crippen molar-refractivity contribution in [2.75, 3.05) is 0 Å². The summed E-state index contributed by atoms with van der Waals surface area (Å²) in [5.74, 6) is 0.187. The van der Waals surface area contributed by atoms with E-state index in [2.05, 4.69) is 0 Å². The Kier molecular flexibility index (Phi) is 3.12. The second kappa shape index (κ2) is 4.60.